The van der Waals surface area contributed by atoms with Crippen LogP contribution in [0.3, 0.4) is 0 Å². The molecule has 0 heterocycles. The van der Waals surface area contributed by atoms with Gasteiger partial charge in [0.05, 0.1) is 16.7 Å². The molecule has 0 fully saturated rings. The van der Waals surface area contributed by atoms with Crippen LogP contribution in [0.5, 0.6) is 5.75 Å². The van der Waals surface area contributed by atoms with Crippen molar-refractivity contribution in [2.45, 2.75) is 46.2 Å². The Morgan fingerprint density at radius 3 is 1.62 bits per heavy atom. The minimum absolute atomic E-state index is 0.0571. The second kappa shape index (κ2) is 8.60. The number of hydrogen-bond acceptors (Lipinski definition) is 1. The maximum atomic E-state index is 14.9. The molecular formula is C25H20F8O. The largest absolute Gasteiger partial charge is 0.429 e. The summed E-state index contributed by atoms with van der Waals surface area (Å²) in [5, 5.41) is 0. The number of aryl methyl sites for hydroxylation is 3. The molecule has 0 radical (unpaired) electrons. The Balaban J connectivity index is 2.03. The van der Waals surface area contributed by atoms with E-state index in [0.29, 0.717) is 12.5 Å². The lowest BCUT2D eigenvalue weighted by Crippen LogP contribution is -2.24. The highest BCUT2D eigenvalue weighted by molar-refractivity contribution is 5.69. The molecule has 0 saturated carbocycles. The first-order valence-corrected chi connectivity index (χ1v) is 10.1. The van der Waals surface area contributed by atoms with Crippen molar-refractivity contribution >= 4 is 0 Å². The molecule has 0 N–H and O–H groups in total. The molecule has 0 aliphatic rings. The van der Waals surface area contributed by atoms with Gasteiger partial charge in [-0.1, -0.05) is 35.9 Å². The first-order chi connectivity index (χ1) is 15.5. The second-order valence-corrected chi connectivity index (χ2v) is 8.11. The van der Waals surface area contributed by atoms with Gasteiger partial charge >= 0.3 is 18.5 Å². The Hall–Kier alpha value is -3.10. The normalized spacial score (nSPS) is 12.7. The van der Waals surface area contributed by atoms with E-state index >= 15 is 0 Å². The Morgan fingerprint density at radius 2 is 1.15 bits per heavy atom. The monoisotopic (exact) mass is 488 g/mol. The van der Waals surface area contributed by atoms with Gasteiger partial charge in [-0.15, -0.1) is 0 Å². The van der Waals surface area contributed by atoms with E-state index in [1.807, 2.05) is 32.0 Å². The van der Waals surface area contributed by atoms with E-state index in [1.165, 1.54) is 19.1 Å². The molecule has 0 spiro atoms. The minimum atomic E-state index is -5.19. The van der Waals surface area contributed by atoms with Crippen LogP contribution < -0.4 is 4.74 Å². The van der Waals surface area contributed by atoms with Crippen LogP contribution in [-0.2, 0) is 18.5 Å². The summed E-state index contributed by atoms with van der Waals surface area (Å²) in [6, 6.07) is 9.82. The number of hydrogen-bond donors (Lipinski definition) is 0. The molecule has 0 atom stereocenters. The van der Waals surface area contributed by atoms with Crippen LogP contribution in [0.4, 0.5) is 35.1 Å². The molecule has 3 aromatic rings. The Kier molecular flexibility index (Phi) is 6.45. The third-order valence-corrected chi connectivity index (χ3v) is 5.47. The predicted octanol–water partition coefficient (Wildman–Crippen LogP) is 8.75. The zero-order chi connectivity index (χ0) is 25.6. The van der Waals surface area contributed by atoms with Gasteiger partial charge in [0, 0.05) is 0 Å². The Bertz CT molecular complexity index is 1190. The smallest absolute Gasteiger partial charge is 0.426 e. The zero-order valence-electron chi connectivity index (χ0n) is 18.6. The van der Waals surface area contributed by atoms with E-state index in [0.717, 1.165) is 22.8 Å². The second-order valence-electron chi connectivity index (χ2n) is 8.11. The average molecular weight is 488 g/mol. The summed E-state index contributed by atoms with van der Waals surface area (Å²) in [6.45, 7) is 5.75. The quantitative estimate of drug-likeness (QED) is 0.334. The highest BCUT2D eigenvalue weighted by Crippen LogP contribution is 2.43. The van der Waals surface area contributed by atoms with Gasteiger partial charge in [-0.2, -0.15) is 35.1 Å². The van der Waals surface area contributed by atoms with E-state index in [2.05, 4.69) is 4.74 Å². The van der Waals surface area contributed by atoms with Crippen LogP contribution in [-0.4, -0.2) is 0 Å². The van der Waals surface area contributed by atoms with Gasteiger partial charge in [0.15, 0.2) is 0 Å². The first-order valence-electron chi connectivity index (χ1n) is 10.1. The highest BCUT2D eigenvalue weighted by atomic mass is 19.4. The van der Waals surface area contributed by atoms with Crippen LogP contribution in [0.2, 0.25) is 0 Å². The van der Waals surface area contributed by atoms with E-state index < -0.39 is 46.5 Å². The molecule has 0 aromatic heterocycles. The lowest BCUT2D eigenvalue weighted by atomic mass is 9.95. The van der Waals surface area contributed by atoms with E-state index in [9.17, 15) is 35.1 Å². The molecule has 3 rings (SSSR count). The number of halogens is 8. The maximum absolute atomic E-state index is 14.9. The number of alkyl halides is 8. The maximum Gasteiger partial charge on any atom is 0.426 e. The fraction of sp³-hybridized carbons (Fsp3) is 0.280. The lowest BCUT2D eigenvalue weighted by molar-refractivity contribution is -0.187. The van der Waals surface area contributed by atoms with E-state index in [1.54, 1.807) is 0 Å². The molecule has 0 unspecified atom stereocenters. The molecular weight excluding hydrogens is 468 g/mol. The van der Waals surface area contributed by atoms with Gasteiger partial charge in [0.25, 0.3) is 0 Å². The summed E-state index contributed by atoms with van der Waals surface area (Å²) in [5.74, 6) is -1.24. The molecule has 0 aliphatic heterocycles. The van der Waals surface area contributed by atoms with Gasteiger partial charge in [-0.25, -0.2) is 0 Å². The summed E-state index contributed by atoms with van der Waals surface area (Å²) in [5.41, 5.74) is -1.78. The van der Waals surface area contributed by atoms with Crippen molar-refractivity contribution in [3.05, 3.63) is 87.5 Å². The van der Waals surface area contributed by atoms with E-state index in [-0.39, 0.29) is 17.7 Å². The third kappa shape index (κ3) is 5.18. The molecule has 182 valence electrons. The molecule has 34 heavy (non-hydrogen) atoms. The van der Waals surface area contributed by atoms with Crippen molar-refractivity contribution in [3.63, 3.8) is 0 Å². The van der Waals surface area contributed by atoms with Crippen molar-refractivity contribution in [1.82, 2.24) is 0 Å². The van der Waals surface area contributed by atoms with Gasteiger partial charge in [-0.05, 0) is 73.7 Å². The molecule has 3 aromatic carbocycles. The summed E-state index contributed by atoms with van der Waals surface area (Å²) in [6.07, 6.45) is -14.6. The molecule has 0 aliphatic carbocycles. The van der Waals surface area contributed by atoms with Crippen LogP contribution in [0.1, 0.15) is 38.9 Å². The summed E-state index contributed by atoms with van der Waals surface area (Å²) < 4.78 is 114. The minimum Gasteiger partial charge on any atom is -0.429 e. The summed E-state index contributed by atoms with van der Waals surface area (Å²) >= 11 is 0. The molecule has 0 saturated heterocycles. The van der Waals surface area contributed by atoms with Crippen molar-refractivity contribution in [3.8, 4) is 16.9 Å². The standard InChI is InChI=1S/C25H20F8O/c1-13-5-7-19(14(2)9-13)17-6-8-20(15(3)10-17)25(32,33)34-18-11-21(23(26,27)28)16(4)22(12-18)24(29,30)31/h5-12H,1-4H3. The molecule has 1 nitrogen and oxygen atoms in total. The summed E-state index contributed by atoms with van der Waals surface area (Å²) in [4.78, 5) is 0. The van der Waals surface area contributed by atoms with Crippen LogP contribution in [0.25, 0.3) is 11.1 Å². The van der Waals surface area contributed by atoms with Crippen LogP contribution in [0, 0.1) is 27.7 Å². The van der Waals surface area contributed by atoms with Crippen molar-refractivity contribution in [1.29, 1.82) is 0 Å². The first kappa shape index (κ1) is 25.5. The highest BCUT2D eigenvalue weighted by Gasteiger charge is 2.42. The molecule has 9 heteroatoms. The van der Waals surface area contributed by atoms with E-state index in [4.69, 9.17) is 0 Å². The fourth-order valence-electron chi connectivity index (χ4n) is 3.83. The Labute approximate surface area is 191 Å². The average Bonchev–Trinajstić information content (AvgIpc) is 2.67. The van der Waals surface area contributed by atoms with Gasteiger partial charge in [-0.3, -0.25) is 0 Å². The van der Waals surface area contributed by atoms with Crippen molar-refractivity contribution in [2.24, 2.45) is 0 Å². The Morgan fingerprint density at radius 1 is 0.588 bits per heavy atom. The number of benzene rings is 3. The number of rotatable bonds is 4. The SMILES string of the molecule is Cc1ccc(-c2ccc(C(F)(F)Oc3cc(C(F)(F)F)c(C)c(C(F)(F)F)c3)c(C)c2)c(C)c1. The van der Waals surface area contributed by atoms with Crippen LogP contribution >= 0.6 is 0 Å². The third-order valence-electron chi connectivity index (χ3n) is 5.47. The van der Waals surface area contributed by atoms with Crippen LogP contribution in [0.15, 0.2) is 48.5 Å². The van der Waals surface area contributed by atoms with Gasteiger partial charge in [0.2, 0.25) is 0 Å². The predicted molar refractivity (Wildman–Crippen MR) is 112 cm³/mol. The molecule has 0 amide bonds. The number of ether oxygens (including phenoxy) is 1. The topological polar surface area (TPSA) is 9.23 Å². The summed E-state index contributed by atoms with van der Waals surface area (Å²) in [7, 11) is 0. The zero-order valence-corrected chi connectivity index (χ0v) is 18.6. The lowest BCUT2D eigenvalue weighted by Gasteiger charge is -2.23. The molecule has 0 bridgehead atoms. The van der Waals surface area contributed by atoms with Gasteiger partial charge in [0.1, 0.15) is 5.75 Å². The van der Waals surface area contributed by atoms with Gasteiger partial charge < -0.3 is 4.74 Å². The van der Waals surface area contributed by atoms with Crippen molar-refractivity contribution < 1.29 is 39.9 Å². The fourth-order valence-corrected chi connectivity index (χ4v) is 3.83. The van der Waals surface area contributed by atoms with Crippen molar-refractivity contribution in [2.75, 3.05) is 0 Å².